The second-order valence-electron chi connectivity index (χ2n) is 8.01. The predicted octanol–water partition coefficient (Wildman–Crippen LogP) is 3.28. The lowest BCUT2D eigenvalue weighted by molar-refractivity contribution is -0.131. The third kappa shape index (κ3) is 5.32. The molecule has 0 aliphatic rings. The Kier molecular flexibility index (Phi) is 7.09. The number of benzene rings is 2. The summed E-state index contributed by atoms with van der Waals surface area (Å²) < 4.78 is 16.3. The molecular weight excluding hydrogens is 450 g/mol. The number of fused-ring (bicyclic) bond motifs is 1. The summed E-state index contributed by atoms with van der Waals surface area (Å²) in [5.74, 6) is 1.99. The lowest BCUT2D eigenvalue weighted by Crippen LogP contribution is -2.32. The maximum atomic E-state index is 12.9. The second-order valence-corrected chi connectivity index (χ2v) is 8.01. The normalized spacial score (nSPS) is 11.0. The van der Waals surface area contributed by atoms with E-state index in [1.807, 2.05) is 38.1 Å². The molecule has 1 amide bonds. The van der Waals surface area contributed by atoms with Gasteiger partial charge in [0.2, 0.25) is 17.7 Å². The van der Waals surface area contributed by atoms with E-state index in [-0.39, 0.29) is 24.4 Å². The minimum absolute atomic E-state index is 0.113. The third-order valence-corrected chi connectivity index (χ3v) is 5.65. The highest BCUT2D eigenvalue weighted by Gasteiger charge is 2.17. The summed E-state index contributed by atoms with van der Waals surface area (Å²) in [4.78, 5) is 34.4. The summed E-state index contributed by atoms with van der Waals surface area (Å²) >= 11 is 0. The van der Waals surface area contributed by atoms with Gasteiger partial charge in [-0.25, -0.2) is 4.98 Å². The molecule has 0 aliphatic heterocycles. The van der Waals surface area contributed by atoms with Crippen LogP contribution in [0, 0.1) is 6.92 Å². The summed E-state index contributed by atoms with van der Waals surface area (Å²) in [5, 5.41) is 8.52. The molecule has 2 aromatic heterocycles. The lowest BCUT2D eigenvalue weighted by atomic mass is 10.1. The van der Waals surface area contributed by atoms with Crippen LogP contribution in [-0.4, -0.2) is 51.7 Å². The SMILES string of the molecule is CCN(Cc1nc2cc(OC)c(OC)cc2c(=O)[nH]1)C(=O)CCc1nnc(-c2ccc(C)cc2)o1. The van der Waals surface area contributed by atoms with E-state index in [4.69, 9.17) is 13.9 Å². The fraction of sp³-hybridized carbons (Fsp3) is 0.320. The highest BCUT2D eigenvalue weighted by Crippen LogP contribution is 2.30. The molecule has 0 spiro atoms. The Morgan fingerprint density at radius 1 is 1.09 bits per heavy atom. The number of aromatic nitrogens is 4. The van der Waals surface area contributed by atoms with Gasteiger partial charge in [-0.05, 0) is 32.0 Å². The summed E-state index contributed by atoms with van der Waals surface area (Å²) in [6.07, 6.45) is 0.499. The largest absolute Gasteiger partial charge is 0.493 e. The van der Waals surface area contributed by atoms with Gasteiger partial charge in [0.15, 0.2) is 11.5 Å². The van der Waals surface area contributed by atoms with Crippen LogP contribution in [0.25, 0.3) is 22.4 Å². The number of carbonyl (C=O) groups is 1. The Morgan fingerprint density at radius 3 is 2.49 bits per heavy atom. The van der Waals surface area contributed by atoms with Gasteiger partial charge < -0.3 is 23.8 Å². The van der Waals surface area contributed by atoms with Crippen LogP contribution in [0.3, 0.4) is 0 Å². The zero-order valence-corrected chi connectivity index (χ0v) is 20.1. The first-order valence-electron chi connectivity index (χ1n) is 11.2. The van der Waals surface area contributed by atoms with Gasteiger partial charge in [0.1, 0.15) is 5.82 Å². The Bertz CT molecular complexity index is 1390. The van der Waals surface area contributed by atoms with E-state index < -0.39 is 0 Å². The van der Waals surface area contributed by atoms with Crippen molar-refractivity contribution >= 4 is 16.8 Å². The lowest BCUT2D eigenvalue weighted by Gasteiger charge is -2.20. The van der Waals surface area contributed by atoms with Crippen molar-refractivity contribution in [2.75, 3.05) is 20.8 Å². The first kappa shape index (κ1) is 23.9. The van der Waals surface area contributed by atoms with Crippen molar-refractivity contribution in [1.29, 1.82) is 0 Å². The minimum atomic E-state index is -0.316. The van der Waals surface area contributed by atoms with Gasteiger partial charge in [-0.1, -0.05) is 17.7 Å². The molecule has 2 aromatic carbocycles. The molecule has 4 rings (SSSR count). The Labute approximate surface area is 201 Å². The zero-order chi connectivity index (χ0) is 24.9. The zero-order valence-electron chi connectivity index (χ0n) is 20.1. The molecule has 1 N–H and O–H groups in total. The van der Waals surface area contributed by atoms with Crippen molar-refractivity contribution in [3.63, 3.8) is 0 Å². The molecule has 0 fully saturated rings. The summed E-state index contributed by atoms with van der Waals surface area (Å²) in [7, 11) is 3.02. The van der Waals surface area contributed by atoms with Crippen LogP contribution in [-0.2, 0) is 17.8 Å². The molecule has 4 aromatic rings. The highest BCUT2D eigenvalue weighted by molar-refractivity contribution is 5.82. The van der Waals surface area contributed by atoms with Gasteiger partial charge in [-0.2, -0.15) is 0 Å². The van der Waals surface area contributed by atoms with E-state index >= 15 is 0 Å². The summed E-state index contributed by atoms with van der Waals surface area (Å²) in [6.45, 7) is 4.48. The molecule has 0 aliphatic carbocycles. The number of hydrogen-bond acceptors (Lipinski definition) is 8. The van der Waals surface area contributed by atoms with Crippen LogP contribution in [0.5, 0.6) is 11.5 Å². The third-order valence-electron chi connectivity index (χ3n) is 5.65. The van der Waals surface area contributed by atoms with E-state index in [1.165, 1.54) is 14.2 Å². The average molecular weight is 478 g/mol. The van der Waals surface area contributed by atoms with Crippen molar-refractivity contribution in [2.24, 2.45) is 0 Å². The fourth-order valence-electron chi connectivity index (χ4n) is 3.69. The van der Waals surface area contributed by atoms with Crippen LogP contribution in [0.2, 0.25) is 0 Å². The van der Waals surface area contributed by atoms with Crippen molar-refractivity contribution in [2.45, 2.75) is 33.2 Å². The highest BCUT2D eigenvalue weighted by atomic mass is 16.5. The van der Waals surface area contributed by atoms with Crippen LogP contribution in [0.4, 0.5) is 0 Å². The number of amides is 1. The number of rotatable bonds is 9. The van der Waals surface area contributed by atoms with Crippen molar-refractivity contribution in [3.05, 3.63) is 64.0 Å². The first-order chi connectivity index (χ1) is 16.9. The Hall–Kier alpha value is -4.21. The standard InChI is InChI=1S/C25H27N5O5/c1-5-30(14-21-26-18-13-20(34-4)19(33-3)12-17(18)24(32)27-21)23(31)11-10-22-28-29-25(35-22)16-8-6-15(2)7-9-16/h6-9,12-13H,5,10-11,14H2,1-4H3,(H,26,27,32). The maximum absolute atomic E-state index is 12.9. The number of methoxy groups -OCH3 is 2. The van der Waals surface area contributed by atoms with Crippen molar-refractivity contribution in [1.82, 2.24) is 25.1 Å². The molecule has 35 heavy (non-hydrogen) atoms. The van der Waals surface area contributed by atoms with Crippen LogP contribution in [0.15, 0.2) is 45.6 Å². The Morgan fingerprint density at radius 2 is 1.80 bits per heavy atom. The molecule has 2 heterocycles. The number of aryl methyl sites for hydroxylation is 2. The van der Waals surface area contributed by atoms with Gasteiger partial charge in [0.05, 0.1) is 31.7 Å². The van der Waals surface area contributed by atoms with Gasteiger partial charge in [0, 0.05) is 31.0 Å². The van der Waals surface area contributed by atoms with Crippen molar-refractivity contribution < 1.29 is 18.7 Å². The number of aromatic amines is 1. The van der Waals surface area contributed by atoms with E-state index in [0.717, 1.165) is 11.1 Å². The molecule has 0 atom stereocenters. The van der Waals surface area contributed by atoms with Crippen LogP contribution < -0.4 is 15.0 Å². The number of hydrogen-bond donors (Lipinski definition) is 1. The van der Waals surface area contributed by atoms with Crippen LogP contribution in [0.1, 0.15) is 30.6 Å². The molecule has 0 saturated heterocycles. The number of nitrogens with one attached hydrogen (secondary N) is 1. The van der Waals surface area contributed by atoms with E-state index in [1.54, 1.807) is 17.0 Å². The second kappa shape index (κ2) is 10.4. The van der Waals surface area contributed by atoms with Gasteiger partial charge >= 0.3 is 0 Å². The number of H-pyrrole nitrogens is 1. The quantitative estimate of drug-likeness (QED) is 0.390. The molecule has 10 heteroatoms. The predicted molar refractivity (Wildman–Crippen MR) is 129 cm³/mol. The van der Waals surface area contributed by atoms with E-state index in [0.29, 0.717) is 53.0 Å². The first-order valence-corrected chi connectivity index (χ1v) is 11.2. The van der Waals surface area contributed by atoms with Crippen LogP contribution >= 0.6 is 0 Å². The van der Waals surface area contributed by atoms with E-state index in [9.17, 15) is 9.59 Å². The monoisotopic (exact) mass is 477 g/mol. The summed E-state index contributed by atoms with van der Waals surface area (Å²) in [5.41, 5.74) is 2.11. The number of carbonyl (C=O) groups excluding carboxylic acids is 1. The van der Waals surface area contributed by atoms with Crippen molar-refractivity contribution in [3.8, 4) is 23.0 Å². The Balaban J connectivity index is 1.45. The summed E-state index contributed by atoms with van der Waals surface area (Å²) in [6, 6.07) is 11.0. The molecule has 0 radical (unpaired) electrons. The molecule has 0 unspecified atom stereocenters. The van der Waals surface area contributed by atoms with E-state index in [2.05, 4.69) is 20.2 Å². The number of ether oxygens (including phenoxy) is 2. The fourth-order valence-corrected chi connectivity index (χ4v) is 3.69. The molecule has 182 valence electrons. The minimum Gasteiger partial charge on any atom is -0.493 e. The molecular formula is C25H27N5O5. The molecule has 10 nitrogen and oxygen atoms in total. The topological polar surface area (TPSA) is 123 Å². The van der Waals surface area contributed by atoms with Gasteiger partial charge in [-0.15, -0.1) is 10.2 Å². The number of nitrogens with zero attached hydrogens (tertiary/aromatic N) is 4. The van der Waals surface area contributed by atoms with Gasteiger partial charge in [-0.3, -0.25) is 9.59 Å². The average Bonchev–Trinajstić information content (AvgIpc) is 3.34. The molecule has 0 saturated carbocycles. The smallest absolute Gasteiger partial charge is 0.258 e. The van der Waals surface area contributed by atoms with Gasteiger partial charge in [0.25, 0.3) is 5.56 Å². The maximum Gasteiger partial charge on any atom is 0.258 e. The molecule has 0 bridgehead atoms.